The summed E-state index contributed by atoms with van der Waals surface area (Å²) in [7, 11) is 0. The van der Waals surface area contributed by atoms with Crippen LogP contribution < -0.4 is 0 Å². The number of nitrogens with zero attached hydrogens (tertiary/aromatic N) is 3. The molecule has 2 heterocycles. The first-order valence-corrected chi connectivity index (χ1v) is 10.00. The van der Waals surface area contributed by atoms with Crippen LogP contribution in [0.15, 0.2) is 12.7 Å². The average Bonchev–Trinajstić information content (AvgIpc) is 3.52. The van der Waals surface area contributed by atoms with E-state index in [-0.39, 0.29) is 11.8 Å². The number of rotatable bonds is 6. The van der Waals surface area contributed by atoms with E-state index in [1.807, 2.05) is 0 Å². The lowest BCUT2D eigenvalue weighted by Crippen LogP contribution is -2.52. The predicted octanol–water partition coefficient (Wildman–Crippen LogP) is 1.75. The molecule has 0 spiro atoms. The van der Waals surface area contributed by atoms with Gasteiger partial charge in [0.1, 0.15) is 0 Å². The molecule has 1 aliphatic carbocycles. The molecule has 5 heteroatoms. The first-order valence-electron chi connectivity index (χ1n) is 10.00. The third kappa shape index (κ3) is 4.48. The van der Waals surface area contributed by atoms with Crippen LogP contribution in [0.3, 0.4) is 0 Å². The van der Waals surface area contributed by atoms with Gasteiger partial charge in [-0.15, -0.1) is 13.0 Å². The molecule has 0 N–H and O–H groups in total. The van der Waals surface area contributed by atoms with Gasteiger partial charge in [-0.05, 0) is 45.1 Å². The monoisotopic (exact) mass is 357 g/mol. The fourth-order valence-corrected chi connectivity index (χ4v) is 4.34. The summed E-state index contributed by atoms with van der Waals surface area (Å²) in [5.41, 5.74) is 0. The predicted molar refractivity (Wildman–Crippen MR) is 102 cm³/mol. The van der Waals surface area contributed by atoms with E-state index in [1.54, 1.807) is 11.0 Å². The van der Waals surface area contributed by atoms with Crippen LogP contribution in [0.2, 0.25) is 0 Å². The average molecular weight is 357 g/mol. The third-order valence-corrected chi connectivity index (χ3v) is 5.96. The highest BCUT2D eigenvalue weighted by Crippen LogP contribution is 2.32. The number of hydrogen-bond acceptors (Lipinski definition) is 3. The second kappa shape index (κ2) is 8.73. The molecule has 3 rings (SSSR count). The van der Waals surface area contributed by atoms with E-state index < -0.39 is 0 Å². The zero-order valence-corrected chi connectivity index (χ0v) is 15.7. The Morgan fingerprint density at radius 3 is 2.46 bits per heavy atom. The number of terminal acetylenes is 1. The van der Waals surface area contributed by atoms with Crippen molar-refractivity contribution in [3.8, 4) is 12.3 Å². The van der Waals surface area contributed by atoms with Crippen LogP contribution in [0, 0.1) is 24.2 Å². The maximum atomic E-state index is 12.8. The molecule has 3 fully saturated rings. The molecule has 2 aliphatic heterocycles. The molecule has 0 bridgehead atoms. The molecule has 2 amide bonds. The van der Waals surface area contributed by atoms with Gasteiger partial charge in [0.15, 0.2) is 0 Å². The Kier molecular flexibility index (Phi) is 6.37. The van der Waals surface area contributed by atoms with Crippen LogP contribution in [0.4, 0.5) is 0 Å². The van der Waals surface area contributed by atoms with Crippen LogP contribution in [-0.2, 0) is 9.59 Å². The zero-order valence-electron chi connectivity index (χ0n) is 15.7. The van der Waals surface area contributed by atoms with E-state index in [4.69, 9.17) is 6.42 Å². The minimum absolute atomic E-state index is 0.0307. The summed E-state index contributed by atoms with van der Waals surface area (Å²) in [5.74, 6) is 3.46. The van der Waals surface area contributed by atoms with Crippen molar-refractivity contribution < 1.29 is 9.59 Å². The van der Waals surface area contributed by atoms with Crippen molar-refractivity contribution in [2.24, 2.45) is 11.8 Å². The van der Waals surface area contributed by atoms with E-state index in [0.29, 0.717) is 31.0 Å². The Hall–Kier alpha value is -1.80. The van der Waals surface area contributed by atoms with Gasteiger partial charge in [0.05, 0.1) is 12.5 Å². The molecule has 2 saturated heterocycles. The Labute approximate surface area is 157 Å². The summed E-state index contributed by atoms with van der Waals surface area (Å²) in [6.07, 6.45) is 13.3. The molecule has 1 unspecified atom stereocenters. The van der Waals surface area contributed by atoms with Crippen molar-refractivity contribution in [3.63, 3.8) is 0 Å². The standard InChI is InChI=1S/C21H31N3O2/c1-3-11-22(12-4-2)21(26)18-6-5-13-24(16-18)19-9-14-23(15-10-19)20(25)17-7-8-17/h1,4,17-19H,2,5-16H2. The van der Waals surface area contributed by atoms with E-state index in [9.17, 15) is 9.59 Å². The maximum Gasteiger partial charge on any atom is 0.228 e. The Morgan fingerprint density at radius 2 is 1.85 bits per heavy atom. The summed E-state index contributed by atoms with van der Waals surface area (Å²) in [5, 5.41) is 0. The fourth-order valence-electron chi connectivity index (χ4n) is 4.34. The summed E-state index contributed by atoms with van der Waals surface area (Å²) >= 11 is 0. The molecule has 1 atom stereocenters. The van der Waals surface area contributed by atoms with Crippen molar-refractivity contribution in [1.29, 1.82) is 0 Å². The van der Waals surface area contributed by atoms with E-state index in [1.165, 1.54) is 0 Å². The number of carbonyl (C=O) groups excluding carboxylic acids is 2. The van der Waals surface area contributed by atoms with E-state index >= 15 is 0 Å². The van der Waals surface area contributed by atoms with Crippen molar-refractivity contribution in [2.45, 2.75) is 44.6 Å². The van der Waals surface area contributed by atoms with Gasteiger partial charge in [-0.1, -0.05) is 12.0 Å². The number of carbonyl (C=O) groups is 2. The highest BCUT2D eigenvalue weighted by atomic mass is 16.2. The van der Waals surface area contributed by atoms with Gasteiger partial charge >= 0.3 is 0 Å². The zero-order chi connectivity index (χ0) is 18.5. The lowest BCUT2D eigenvalue weighted by atomic mass is 9.92. The van der Waals surface area contributed by atoms with Crippen molar-refractivity contribution in [1.82, 2.24) is 14.7 Å². The summed E-state index contributed by atoms with van der Waals surface area (Å²) in [4.78, 5) is 31.3. The number of piperidine rings is 2. The highest BCUT2D eigenvalue weighted by molar-refractivity contribution is 5.81. The quantitative estimate of drug-likeness (QED) is 0.537. The van der Waals surface area contributed by atoms with Crippen molar-refractivity contribution in [2.75, 3.05) is 39.3 Å². The summed E-state index contributed by atoms with van der Waals surface area (Å²) < 4.78 is 0. The molecule has 0 radical (unpaired) electrons. The number of likely N-dealkylation sites (tertiary alicyclic amines) is 2. The molecule has 142 valence electrons. The van der Waals surface area contributed by atoms with Gasteiger partial charge in [0, 0.05) is 38.1 Å². The van der Waals surface area contributed by atoms with Gasteiger partial charge < -0.3 is 9.80 Å². The minimum Gasteiger partial charge on any atom is -0.342 e. The van der Waals surface area contributed by atoms with Gasteiger partial charge in [-0.25, -0.2) is 0 Å². The molecule has 0 aromatic heterocycles. The topological polar surface area (TPSA) is 43.9 Å². The number of hydrogen-bond donors (Lipinski definition) is 0. The number of amides is 2. The third-order valence-electron chi connectivity index (χ3n) is 5.96. The summed E-state index contributed by atoms with van der Waals surface area (Å²) in [6, 6.07) is 0.495. The molecule has 5 nitrogen and oxygen atoms in total. The Morgan fingerprint density at radius 1 is 1.12 bits per heavy atom. The molecule has 26 heavy (non-hydrogen) atoms. The van der Waals surface area contributed by atoms with Crippen LogP contribution >= 0.6 is 0 Å². The highest BCUT2D eigenvalue weighted by Gasteiger charge is 2.37. The van der Waals surface area contributed by atoms with Gasteiger partial charge in [-0.3, -0.25) is 14.5 Å². The molecule has 0 aromatic rings. The SMILES string of the molecule is C#CCN(CC=C)C(=O)C1CCCN(C2CCN(C(=O)C3CC3)CC2)C1. The van der Waals surface area contributed by atoms with Gasteiger partial charge in [0.2, 0.25) is 11.8 Å². The van der Waals surface area contributed by atoms with Crippen molar-refractivity contribution >= 4 is 11.8 Å². The summed E-state index contributed by atoms with van der Waals surface area (Å²) in [6.45, 7) is 8.21. The molecule has 0 aromatic carbocycles. The van der Waals surface area contributed by atoms with E-state index in [0.717, 1.165) is 64.7 Å². The Bertz CT molecular complexity index is 570. The van der Waals surface area contributed by atoms with Crippen LogP contribution in [-0.4, -0.2) is 71.8 Å². The normalized spacial score (nSPS) is 24.7. The van der Waals surface area contributed by atoms with Gasteiger partial charge in [0.25, 0.3) is 0 Å². The second-order valence-electron chi connectivity index (χ2n) is 7.88. The van der Waals surface area contributed by atoms with Gasteiger partial charge in [-0.2, -0.15) is 0 Å². The van der Waals surface area contributed by atoms with Crippen LogP contribution in [0.5, 0.6) is 0 Å². The smallest absolute Gasteiger partial charge is 0.228 e. The fraction of sp³-hybridized carbons (Fsp3) is 0.714. The lowest BCUT2D eigenvalue weighted by molar-refractivity contribution is -0.137. The molecule has 1 saturated carbocycles. The maximum absolute atomic E-state index is 12.8. The van der Waals surface area contributed by atoms with E-state index in [2.05, 4.69) is 22.3 Å². The van der Waals surface area contributed by atoms with Crippen molar-refractivity contribution in [3.05, 3.63) is 12.7 Å². The Balaban J connectivity index is 1.52. The molecule has 3 aliphatic rings. The largest absolute Gasteiger partial charge is 0.342 e. The first-order chi connectivity index (χ1) is 12.6. The minimum atomic E-state index is 0.0307. The van der Waals surface area contributed by atoms with Crippen LogP contribution in [0.1, 0.15) is 38.5 Å². The molecular weight excluding hydrogens is 326 g/mol. The van der Waals surface area contributed by atoms with Crippen LogP contribution in [0.25, 0.3) is 0 Å². The second-order valence-corrected chi connectivity index (χ2v) is 7.88. The first kappa shape index (κ1) is 19.0. The lowest BCUT2D eigenvalue weighted by Gasteiger charge is -2.42. The molecular formula is C21H31N3O2.